The topological polar surface area (TPSA) is 56.4 Å². The zero-order chi connectivity index (χ0) is 11.5. The number of aromatic amines is 1. The van der Waals surface area contributed by atoms with Crippen LogP contribution in [0.4, 0.5) is 11.5 Å². The van der Waals surface area contributed by atoms with Crippen LogP contribution in [0.15, 0.2) is 6.20 Å². The molecule has 0 saturated carbocycles. The Labute approximate surface area is 101 Å². The molecule has 6 nitrogen and oxygen atoms in total. The molecule has 0 aliphatic carbocycles. The number of anilines is 2. The van der Waals surface area contributed by atoms with Crippen molar-refractivity contribution in [2.24, 2.45) is 0 Å². The van der Waals surface area contributed by atoms with Crippen molar-refractivity contribution in [2.75, 3.05) is 62.3 Å². The second-order valence-electron chi connectivity index (χ2n) is 4.44. The largest absolute Gasteiger partial charge is 0.378 e. The van der Waals surface area contributed by atoms with Gasteiger partial charge in [0.2, 0.25) is 0 Å². The predicted octanol–water partition coefficient (Wildman–Crippen LogP) is -0.344. The Bertz CT molecular complexity index is 322. The Balaban J connectivity index is 1.77. The van der Waals surface area contributed by atoms with E-state index in [9.17, 15) is 0 Å². The van der Waals surface area contributed by atoms with Crippen LogP contribution >= 0.6 is 0 Å². The van der Waals surface area contributed by atoms with E-state index < -0.39 is 0 Å². The van der Waals surface area contributed by atoms with Crippen molar-refractivity contribution in [1.82, 2.24) is 15.5 Å². The normalized spacial score (nSPS) is 21.9. The van der Waals surface area contributed by atoms with Crippen molar-refractivity contribution in [3.63, 3.8) is 0 Å². The third-order valence-corrected chi connectivity index (χ3v) is 3.38. The zero-order valence-electron chi connectivity index (χ0n) is 9.98. The van der Waals surface area contributed by atoms with E-state index in [1.165, 1.54) is 5.69 Å². The molecule has 0 unspecified atom stereocenters. The number of hydrogen-bond donors (Lipinski definition) is 2. The molecule has 2 aliphatic rings. The van der Waals surface area contributed by atoms with Gasteiger partial charge in [-0.15, -0.1) is 0 Å². The van der Waals surface area contributed by atoms with E-state index in [1.807, 2.05) is 6.20 Å². The first-order valence-corrected chi connectivity index (χ1v) is 6.27. The molecule has 3 rings (SSSR count). The van der Waals surface area contributed by atoms with E-state index in [4.69, 9.17) is 4.74 Å². The lowest BCUT2D eigenvalue weighted by atomic mass is 10.3. The van der Waals surface area contributed by atoms with Gasteiger partial charge in [-0.25, -0.2) is 0 Å². The minimum atomic E-state index is 0.812. The molecular formula is C11H19N5O. The maximum absolute atomic E-state index is 5.39. The lowest BCUT2D eigenvalue weighted by Gasteiger charge is -2.33. The smallest absolute Gasteiger partial charge is 0.148 e. The van der Waals surface area contributed by atoms with Gasteiger partial charge in [0.05, 0.1) is 25.1 Å². The molecule has 2 aliphatic heterocycles. The summed E-state index contributed by atoms with van der Waals surface area (Å²) in [6.07, 6.45) is 1.93. The van der Waals surface area contributed by atoms with Crippen LogP contribution in [0.25, 0.3) is 0 Å². The van der Waals surface area contributed by atoms with Gasteiger partial charge < -0.3 is 19.9 Å². The Morgan fingerprint density at radius 1 is 1.06 bits per heavy atom. The number of nitrogens with zero attached hydrogens (tertiary/aromatic N) is 3. The lowest BCUT2D eigenvalue weighted by Crippen LogP contribution is -2.45. The van der Waals surface area contributed by atoms with Gasteiger partial charge in [-0.05, 0) is 0 Å². The molecule has 1 aromatic heterocycles. The van der Waals surface area contributed by atoms with Gasteiger partial charge in [0.15, 0.2) is 0 Å². The van der Waals surface area contributed by atoms with Crippen LogP contribution in [0.3, 0.4) is 0 Å². The van der Waals surface area contributed by atoms with Crippen LogP contribution in [0.2, 0.25) is 0 Å². The third-order valence-electron chi connectivity index (χ3n) is 3.38. The van der Waals surface area contributed by atoms with Crippen molar-refractivity contribution in [3.05, 3.63) is 6.20 Å². The summed E-state index contributed by atoms with van der Waals surface area (Å²) in [4.78, 5) is 4.72. The number of ether oxygens (including phenoxy) is 1. The van der Waals surface area contributed by atoms with Gasteiger partial charge in [0.25, 0.3) is 0 Å². The standard InChI is InChI=1S/C11H19N5O/c1-3-16(4-2-12-1)11-10(9-13-14-11)15-5-7-17-8-6-15/h9,12H,1-8H2,(H,13,14). The van der Waals surface area contributed by atoms with Crippen molar-refractivity contribution in [1.29, 1.82) is 0 Å². The summed E-state index contributed by atoms with van der Waals surface area (Å²) >= 11 is 0. The Morgan fingerprint density at radius 3 is 2.59 bits per heavy atom. The maximum Gasteiger partial charge on any atom is 0.148 e. The first kappa shape index (κ1) is 10.9. The summed E-state index contributed by atoms with van der Waals surface area (Å²) in [5.74, 6) is 1.16. The number of aromatic nitrogens is 2. The van der Waals surface area contributed by atoms with E-state index in [-0.39, 0.29) is 0 Å². The molecule has 0 aromatic carbocycles. The van der Waals surface area contributed by atoms with E-state index in [0.29, 0.717) is 0 Å². The number of piperazine rings is 1. The second kappa shape index (κ2) is 4.93. The van der Waals surface area contributed by atoms with Crippen LogP contribution in [-0.4, -0.2) is 62.7 Å². The van der Waals surface area contributed by atoms with E-state index in [2.05, 4.69) is 25.3 Å². The van der Waals surface area contributed by atoms with Crippen molar-refractivity contribution in [2.45, 2.75) is 0 Å². The highest BCUT2D eigenvalue weighted by atomic mass is 16.5. The molecular weight excluding hydrogens is 218 g/mol. The van der Waals surface area contributed by atoms with Gasteiger partial charge in [0.1, 0.15) is 5.82 Å². The molecule has 0 amide bonds. The van der Waals surface area contributed by atoms with Crippen LogP contribution in [0.1, 0.15) is 0 Å². The fraction of sp³-hybridized carbons (Fsp3) is 0.727. The highest BCUT2D eigenvalue weighted by Crippen LogP contribution is 2.27. The molecule has 0 spiro atoms. The number of rotatable bonds is 2. The quantitative estimate of drug-likeness (QED) is 0.737. The molecule has 0 bridgehead atoms. The van der Waals surface area contributed by atoms with Crippen molar-refractivity contribution >= 4 is 11.5 Å². The zero-order valence-corrected chi connectivity index (χ0v) is 9.98. The number of hydrogen-bond acceptors (Lipinski definition) is 5. The highest BCUT2D eigenvalue weighted by molar-refractivity contribution is 5.66. The predicted molar refractivity (Wildman–Crippen MR) is 66.7 cm³/mol. The second-order valence-corrected chi connectivity index (χ2v) is 4.44. The fourth-order valence-electron chi connectivity index (χ4n) is 2.43. The minimum Gasteiger partial charge on any atom is -0.378 e. The van der Waals surface area contributed by atoms with Crippen molar-refractivity contribution in [3.8, 4) is 0 Å². The summed E-state index contributed by atoms with van der Waals surface area (Å²) in [5.41, 5.74) is 1.22. The molecule has 94 valence electrons. The Hall–Kier alpha value is -1.27. The Kier molecular flexibility index (Phi) is 3.15. The molecule has 0 atom stereocenters. The van der Waals surface area contributed by atoms with Crippen molar-refractivity contribution < 1.29 is 4.74 Å². The molecule has 2 saturated heterocycles. The van der Waals surface area contributed by atoms with Gasteiger partial charge in [-0.3, -0.25) is 5.10 Å². The summed E-state index contributed by atoms with van der Waals surface area (Å²) in [7, 11) is 0. The van der Waals surface area contributed by atoms with Gasteiger partial charge in [-0.1, -0.05) is 0 Å². The van der Waals surface area contributed by atoms with E-state index in [1.54, 1.807) is 0 Å². The van der Waals surface area contributed by atoms with E-state index >= 15 is 0 Å². The minimum absolute atomic E-state index is 0.812. The van der Waals surface area contributed by atoms with Gasteiger partial charge in [0, 0.05) is 39.3 Å². The molecule has 1 aromatic rings. The average molecular weight is 237 g/mol. The molecule has 6 heteroatoms. The first-order valence-electron chi connectivity index (χ1n) is 6.27. The third kappa shape index (κ3) is 2.23. The summed E-state index contributed by atoms with van der Waals surface area (Å²) in [6, 6.07) is 0. The lowest BCUT2D eigenvalue weighted by molar-refractivity contribution is 0.122. The number of H-pyrrole nitrogens is 1. The highest BCUT2D eigenvalue weighted by Gasteiger charge is 2.21. The number of nitrogens with one attached hydrogen (secondary N) is 2. The molecule has 3 heterocycles. The summed E-state index contributed by atoms with van der Waals surface area (Å²) < 4.78 is 5.39. The van der Waals surface area contributed by atoms with Crippen LogP contribution in [0.5, 0.6) is 0 Å². The first-order chi connectivity index (χ1) is 8.45. The van der Waals surface area contributed by atoms with Crippen LogP contribution < -0.4 is 15.1 Å². The van der Waals surface area contributed by atoms with E-state index in [0.717, 1.165) is 58.3 Å². The van der Waals surface area contributed by atoms with Gasteiger partial charge in [-0.2, -0.15) is 5.10 Å². The number of morpholine rings is 1. The molecule has 2 N–H and O–H groups in total. The monoisotopic (exact) mass is 237 g/mol. The average Bonchev–Trinajstić information content (AvgIpc) is 2.90. The molecule has 17 heavy (non-hydrogen) atoms. The summed E-state index contributed by atoms with van der Waals surface area (Å²) in [6.45, 7) is 7.71. The molecule has 2 fully saturated rings. The summed E-state index contributed by atoms with van der Waals surface area (Å²) in [5, 5.41) is 10.7. The van der Waals surface area contributed by atoms with Crippen LogP contribution in [-0.2, 0) is 4.74 Å². The maximum atomic E-state index is 5.39. The molecule has 0 radical (unpaired) electrons. The fourth-order valence-corrected chi connectivity index (χ4v) is 2.43. The van der Waals surface area contributed by atoms with Crippen LogP contribution in [0, 0.1) is 0 Å². The Morgan fingerprint density at radius 2 is 1.82 bits per heavy atom. The van der Waals surface area contributed by atoms with Gasteiger partial charge >= 0.3 is 0 Å². The SMILES string of the molecule is c1n[nH]c(N2CCNCC2)c1N1CCOCC1.